The van der Waals surface area contributed by atoms with Crippen molar-refractivity contribution in [3.63, 3.8) is 0 Å². The number of fused-ring (bicyclic) bond motifs is 1. The monoisotopic (exact) mass is 498 g/mol. The van der Waals surface area contributed by atoms with E-state index in [1.807, 2.05) is 70.2 Å². The van der Waals surface area contributed by atoms with Gasteiger partial charge in [0.1, 0.15) is 5.75 Å². The van der Waals surface area contributed by atoms with E-state index in [1.54, 1.807) is 6.20 Å². The van der Waals surface area contributed by atoms with Gasteiger partial charge in [0.05, 0.1) is 23.4 Å². The van der Waals surface area contributed by atoms with Gasteiger partial charge in [-0.1, -0.05) is 24.3 Å². The summed E-state index contributed by atoms with van der Waals surface area (Å²) in [5, 5.41) is 15.9. The molecule has 4 aromatic rings. The Balaban J connectivity index is 1.96. The highest BCUT2D eigenvalue weighted by Gasteiger charge is 2.34. The molecule has 2 heterocycles. The number of nitrogens with zero attached hydrogens (tertiary/aromatic N) is 1. The van der Waals surface area contributed by atoms with Gasteiger partial charge in [-0.05, 0) is 68.0 Å². The Labute approximate surface area is 215 Å². The first-order valence-electron chi connectivity index (χ1n) is 12.3. The number of carboxylic acid groups (broad SMARTS) is 1. The van der Waals surface area contributed by atoms with Crippen molar-refractivity contribution in [3.8, 4) is 16.9 Å². The molecule has 0 bridgehead atoms. The van der Waals surface area contributed by atoms with E-state index in [0.29, 0.717) is 23.4 Å². The number of ether oxygens (including phenoxy) is 2. The fourth-order valence-electron chi connectivity index (χ4n) is 5.23. The number of aromatic nitrogens is 1. The van der Waals surface area contributed by atoms with E-state index in [4.69, 9.17) is 14.5 Å². The SMILES string of the molecule is CC(=O)Nc1c(C)c([C@H](OC(C)(C)C)C(=O)O)c(-c2ccc3c4c(ccnc24)CCO3)c2ccccc12. The Morgan fingerprint density at radius 1 is 1.11 bits per heavy atom. The number of carbonyl (C=O) groups excluding carboxylic acids is 1. The lowest BCUT2D eigenvalue weighted by molar-refractivity contribution is -0.160. The second-order valence-electron chi connectivity index (χ2n) is 10.4. The third-order valence-corrected chi connectivity index (χ3v) is 6.61. The number of pyridine rings is 1. The van der Waals surface area contributed by atoms with Crippen molar-refractivity contribution < 1.29 is 24.2 Å². The van der Waals surface area contributed by atoms with E-state index >= 15 is 0 Å². The van der Waals surface area contributed by atoms with Crippen molar-refractivity contribution >= 4 is 39.2 Å². The van der Waals surface area contributed by atoms with E-state index in [0.717, 1.165) is 50.5 Å². The van der Waals surface area contributed by atoms with Crippen molar-refractivity contribution in [2.24, 2.45) is 0 Å². The van der Waals surface area contributed by atoms with Crippen LogP contribution in [-0.4, -0.2) is 34.2 Å². The van der Waals surface area contributed by atoms with E-state index in [1.165, 1.54) is 6.92 Å². The van der Waals surface area contributed by atoms with Gasteiger partial charge in [-0.15, -0.1) is 0 Å². The van der Waals surface area contributed by atoms with Gasteiger partial charge < -0.3 is 19.9 Å². The molecule has 0 saturated heterocycles. The number of hydrogen-bond donors (Lipinski definition) is 2. The first-order valence-corrected chi connectivity index (χ1v) is 12.3. The van der Waals surface area contributed by atoms with Crippen LogP contribution in [0.15, 0.2) is 48.7 Å². The van der Waals surface area contributed by atoms with Crippen LogP contribution in [0.5, 0.6) is 5.75 Å². The van der Waals surface area contributed by atoms with Crippen LogP contribution in [-0.2, 0) is 20.7 Å². The van der Waals surface area contributed by atoms with Gasteiger partial charge in [0.15, 0.2) is 6.10 Å². The Bertz CT molecular complexity index is 1560. The first kappa shape index (κ1) is 24.7. The highest BCUT2D eigenvalue weighted by atomic mass is 16.5. The predicted octanol–water partition coefficient (Wildman–Crippen LogP) is 6.20. The molecule has 190 valence electrons. The zero-order valence-corrected chi connectivity index (χ0v) is 21.6. The Hall–Kier alpha value is -3.97. The van der Waals surface area contributed by atoms with Gasteiger partial charge in [0.2, 0.25) is 5.91 Å². The first-order chi connectivity index (χ1) is 17.6. The van der Waals surface area contributed by atoms with Crippen LogP contribution in [0.2, 0.25) is 0 Å². The molecular formula is C30H30N2O5. The maximum absolute atomic E-state index is 12.8. The molecular weight excluding hydrogens is 468 g/mol. The van der Waals surface area contributed by atoms with Crippen LogP contribution < -0.4 is 10.1 Å². The van der Waals surface area contributed by atoms with Gasteiger partial charge in [-0.25, -0.2) is 4.79 Å². The van der Waals surface area contributed by atoms with Crippen molar-refractivity contribution in [2.45, 2.75) is 52.7 Å². The maximum Gasteiger partial charge on any atom is 0.337 e. The molecule has 37 heavy (non-hydrogen) atoms. The zero-order valence-electron chi connectivity index (χ0n) is 21.6. The molecule has 0 saturated carbocycles. The predicted molar refractivity (Wildman–Crippen MR) is 144 cm³/mol. The van der Waals surface area contributed by atoms with Crippen molar-refractivity contribution in [1.82, 2.24) is 4.98 Å². The summed E-state index contributed by atoms with van der Waals surface area (Å²) in [6.45, 7) is 9.36. The maximum atomic E-state index is 12.8. The van der Waals surface area contributed by atoms with Crippen LogP contribution in [0.4, 0.5) is 5.69 Å². The van der Waals surface area contributed by atoms with Gasteiger partial charge in [-0.2, -0.15) is 0 Å². The summed E-state index contributed by atoms with van der Waals surface area (Å²) in [4.78, 5) is 29.7. The van der Waals surface area contributed by atoms with Gasteiger partial charge in [-0.3, -0.25) is 9.78 Å². The fourth-order valence-corrected chi connectivity index (χ4v) is 5.23. The van der Waals surface area contributed by atoms with E-state index in [2.05, 4.69) is 5.32 Å². The summed E-state index contributed by atoms with van der Waals surface area (Å²) in [7, 11) is 0. The lowest BCUT2D eigenvalue weighted by Crippen LogP contribution is -2.28. The summed E-state index contributed by atoms with van der Waals surface area (Å²) in [6.07, 6.45) is 1.28. The normalized spacial score (nSPS) is 13.9. The minimum Gasteiger partial charge on any atom is -0.493 e. The van der Waals surface area contributed by atoms with Gasteiger partial charge >= 0.3 is 5.97 Å². The van der Waals surface area contributed by atoms with Crippen LogP contribution in [0.3, 0.4) is 0 Å². The second-order valence-corrected chi connectivity index (χ2v) is 10.4. The number of nitrogens with one attached hydrogen (secondary N) is 1. The highest BCUT2D eigenvalue weighted by Crippen LogP contribution is 2.47. The average Bonchev–Trinajstić information content (AvgIpc) is 2.84. The molecule has 0 radical (unpaired) electrons. The molecule has 7 nitrogen and oxygen atoms in total. The number of aliphatic carboxylic acids is 1. The van der Waals surface area contributed by atoms with E-state index < -0.39 is 17.7 Å². The second kappa shape index (κ2) is 9.16. The molecule has 5 rings (SSSR count). The molecule has 1 aliphatic rings. The van der Waals surface area contributed by atoms with Crippen molar-refractivity contribution in [1.29, 1.82) is 0 Å². The fraction of sp³-hybridized carbons (Fsp3) is 0.300. The lowest BCUT2D eigenvalue weighted by atomic mass is 9.84. The molecule has 2 N–H and O–H groups in total. The quantitative estimate of drug-likeness (QED) is 0.340. The summed E-state index contributed by atoms with van der Waals surface area (Å²) >= 11 is 0. The molecule has 0 fully saturated rings. The Morgan fingerprint density at radius 2 is 1.84 bits per heavy atom. The number of carboxylic acids is 1. The summed E-state index contributed by atoms with van der Waals surface area (Å²) in [5.41, 5.74) is 4.36. The van der Waals surface area contributed by atoms with Crippen molar-refractivity contribution in [2.75, 3.05) is 11.9 Å². The number of benzene rings is 3. The molecule has 0 spiro atoms. The van der Waals surface area contributed by atoms with Gasteiger partial charge in [0.25, 0.3) is 0 Å². The van der Waals surface area contributed by atoms with E-state index in [9.17, 15) is 14.7 Å². The minimum absolute atomic E-state index is 0.240. The van der Waals surface area contributed by atoms with Crippen LogP contribution in [0, 0.1) is 6.92 Å². The number of hydrogen-bond acceptors (Lipinski definition) is 5. The smallest absolute Gasteiger partial charge is 0.337 e. The minimum atomic E-state index is -1.28. The molecule has 0 unspecified atom stereocenters. The average molecular weight is 499 g/mol. The molecule has 7 heteroatoms. The third kappa shape index (κ3) is 4.40. The molecule has 1 atom stereocenters. The summed E-state index contributed by atoms with van der Waals surface area (Å²) < 4.78 is 12.1. The third-order valence-electron chi connectivity index (χ3n) is 6.61. The molecule has 1 aromatic heterocycles. The molecule has 0 aliphatic carbocycles. The topological polar surface area (TPSA) is 97.8 Å². The largest absolute Gasteiger partial charge is 0.493 e. The number of amides is 1. The molecule has 1 amide bonds. The number of carbonyl (C=O) groups is 2. The number of rotatable bonds is 5. The van der Waals surface area contributed by atoms with Crippen molar-refractivity contribution in [3.05, 3.63) is 65.4 Å². The van der Waals surface area contributed by atoms with Crippen LogP contribution >= 0.6 is 0 Å². The Morgan fingerprint density at radius 3 is 2.51 bits per heavy atom. The summed E-state index contributed by atoms with van der Waals surface area (Å²) in [6, 6.07) is 13.6. The lowest BCUT2D eigenvalue weighted by Gasteiger charge is -2.30. The standard InChI is InChI=1S/C30H30N2O5/c1-16-23(28(29(34)35)37-30(3,4)5)25(19-8-6-7-9-20(19)26(16)32-17(2)33)21-10-11-22-24-18(13-15-36-22)12-14-31-27(21)24/h6-12,14,28H,13,15H2,1-5H3,(H,32,33)(H,34,35)/t28-/m0/s1. The molecule has 3 aromatic carbocycles. The molecule has 1 aliphatic heterocycles. The highest BCUT2D eigenvalue weighted by molar-refractivity contribution is 6.14. The number of anilines is 1. The Kier molecular flexibility index (Phi) is 6.12. The van der Waals surface area contributed by atoms with Crippen LogP contribution in [0.1, 0.15) is 50.5 Å². The van der Waals surface area contributed by atoms with Crippen LogP contribution in [0.25, 0.3) is 32.8 Å². The van der Waals surface area contributed by atoms with E-state index in [-0.39, 0.29) is 5.91 Å². The zero-order chi connectivity index (χ0) is 26.5. The summed E-state index contributed by atoms with van der Waals surface area (Å²) in [5.74, 6) is -0.579. The van der Waals surface area contributed by atoms with Gasteiger partial charge in [0, 0.05) is 41.4 Å².